The minimum absolute atomic E-state index is 0.0436. The molecule has 14 heteroatoms. The molecule has 1 aromatic heterocycles. The molecule has 0 radical (unpaired) electrons. The number of nitrogens with zero attached hydrogens (tertiary/aromatic N) is 2. The van der Waals surface area contributed by atoms with Crippen molar-refractivity contribution in [2.75, 3.05) is 50.6 Å². The number of amides is 1. The largest absolute Gasteiger partial charge is 0.495 e. The Hall–Kier alpha value is -3.93. The Bertz CT molecular complexity index is 1840. The molecule has 3 aliphatic rings. The highest BCUT2D eigenvalue weighted by atomic mass is 32.2. The summed E-state index contributed by atoms with van der Waals surface area (Å²) in [7, 11) is -2.70. The van der Waals surface area contributed by atoms with Crippen LogP contribution in [0.4, 0.5) is 24.5 Å². The Morgan fingerprint density at radius 2 is 1.80 bits per heavy atom. The van der Waals surface area contributed by atoms with Gasteiger partial charge in [-0.25, -0.2) is 13.1 Å². The van der Waals surface area contributed by atoms with Gasteiger partial charge >= 0.3 is 6.18 Å². The fraction of sp³-hybridized carbons (Fsp3) is 0.514. The zero-order valence-corrected chi connectivity index (χ0v) is 28.5. The Morgan fingerprint density at radius 1 is 1.06 bits per heavy atom. The number of nitrogens with one attached hydrogen (secondary N) is 3. The minimum Gasteiger partial charge on any atom is -0.495 e. The molecule has 0 atom stereocenters. The average Bonchev–Trinajstić information content (AvgIpc) is 3.38. The molecule has 264 valence electrons. The summed E-state index contributed by atoms with van der Waals surface area (Å²) in [5, 5.41) is 7.35. The maximum Gasteiger partial charge on any atom is 0.406 e. The van der Waals surface area contributed by atoms with Crippen LogP contribution in [-0.4, -0.2) is 82.0 Å². The maximum atomic E-state index is 13.7. The normalized spacial score (nSPS) is 21.0. The van der Waals surface area contributed by atoms with Gasteiger partial charge < -0.3 is 24.7 Å². The van der Waals surface area contributed by atoms with E-state index in [4.69, 9.17) is 9.47 Å². The Balaban J connectivity index is 1.13. The van der Waals surface area contributed by atoms with Crippen molar-refractivity contribution in [3.8, 4) is 17.6 Å². The molecular weight excluding hydrogens is 659 g/mol. The molecule has 3 N–H and O–H groups in total. The van der Waals surface area contributed by atoms with Crippen LogP contribution in [0.5, 0.6) is 5.75 Å². The van der Waals surface area contributed by atoms with Gasteiger partial charge in [-0.15, -0.1) is 0 Å². The molecule has 0 bridgehead atoms. The number of methoxy groups -OCH3 is 1. The molecule has 49 heavy (non-hydrogen) atoms. The number of rotatable bonds is 9. The van der Waals surface area contributed by atoms with Gasteiger partial charge in [-0.2, -0.15) is 13.2 Å². The van der Waals surface area contributed by atoms with Crippen molar-refractivity contribution in [1.82, 2.24) is 14.2 Å². The van der Waals surface area contributed by atoms with Crippen LogP contribution in [-0.2, 0) is 26.1 Å². The topological polar surface area (TPSA) is 114 Å². The number of likely N-dealkylation sites (tertiary alicyclic amines) is 1. The van der Waals surface area contributed by atoms with Crippen LogP contribution >= 0.6 is 0 Å². The van der Waals surface area contributed by atoms with Crippen LogP contribution in [0, 0.1) is 17.3 Å². The number of halogens is 3. The molecule has 2 aliphatic heterocycles. The van der Waals surface area contributed by atoms with E-state index in [2.05, 4.69) is 27.4 Å². The van der Waals surface area contributed by atoms with Gasteiger partial charge in [0.05, 0.1) is 35.4 Å². The van der Waals surface area contributed by atoms with E-state index in [9.17, 15) is 26.4 Å². The van der Waals surface area contributed by atoms with E-state index in [-0.39, 0.29) is 28.9 Å². The summed E-state index contributed by atoms with van der Waals surface area (Å²) >= 11 is 0. The van der Waals surface area contributed by atoms with Crippen LogP contribution < -0.4 is 20.1 Å². The van der Waals surface area contributed by atoms with Gasteiger partial charge in [0.15, 0.2) is 0 Å². The third-order valence-corrected chi connectivity index (χ3v) is 11.3. The van der Waals surface area contributed by atoms with Crippen LogP contribution in [0.25, 0.3) is 10.9 Å². The van der Waals surface area contributed by atoms with E-state index in [1.54, 1.807) is 18.2 Å². The Morgan fingerprint density at radius 3 is 2.47 bits per heavy atom. The van der Waals surface area contributed by atoms with E-state index in [0.29, 0.717) is 28.0 Å². The smallest absolute Gasteiger partial charge is 0.406 e. The minimum atomic E-state index is -4.45. The molecule has 2 aromatic carbocycles. The first-order valence-corrected chi connectivity index (χ1v) is 18.0. The fourth-order valence-corrected chi connectivity index (χ4v) is 8.38. The third kappa shape index (κ3) is 8.11. The average molecular weight is 702 g/mol. The number of benzene rings is 2. The van der Waals surface area contributed by atoms with Crippen LogP contribution in [0.15, 0.2) is 47.4 Å². The van der Waals surface area contributed by atoms with Crippen molar-refractivity contribution in [1.29, 1.82) is 0 Å². The fourth-order valence-electron chi connectivity index (χ4n) is 7.37. The number of sulfonamides is 1. The number of fused-ring (bicyclic) bond motifs is 1. The second kappa shape index (κ2) is 14.1. The van der Waals surface area contributed by atoms with Crippen LogP contribution in [0.2, 0.25) is 0 Å². The summed E-state index contributed by atoms with van der Waals surface area (Å²) in [6.45, 7) is 4.02. The summed E-state index contributed by atoms with van der Waals surface area (Å²) in [4.78, 5) is 13.7. The molecule has 3 aromatic rings. The molecule has 1 aliphatic carbocycles. The molecule has 3 fully saturated rings. The lowest BCUT2D eigenvalue weighted by atomic mass is 9.71. The lowest BCUT2D eigenvalue weighted by Gasteiger charge is -2.56. The van der Waals surface area contributed by atoms with Gasteiger partial charge in [0, 0.05) is 67.9 Å². The van der Waals surface area contributed by atoms with Crippen LogP contribution in [0.1, 0.15) is 51.1 Å². The number of carbonyl (C=O) groups is 1. The van der Waals surface area contributed by atoms with Gasteiger partial charge in [-0.1, -0.05) is 12.0 Å². The van der Waals surface area contributed by atoms with E-state index < -0.39 is 28.7 Å². The summed E-state index contributed by atoms with van der Waals surface area (Å²) in [5.74, 6) is 5.26. The quantitative estimate of drug-likeness (QED) is 0.257. The lowest BCUT2D eigenvalue weighted by Crippen LogP contribution is -2.62. The standard InChI is InChI=1S/C35H42F3N5O5S/c1-24(44)41-49(45,46)28-12-13-31(33(20-28)47-2)39-16-4-5-27-19-29-30(6-3-7-32(29)43(27)23-35(36,37)38)40-25-8-10-26(11-9-25)42-21-34(22-42)14-17-48-18-15-34/h3,6-7,12-13,19-20,25-26,39-40H,8-11,14-18,21-23H2,1-2H3,(H,41,44). The zero-order chi connectivity index (χ0) is 34.8. The molecule has 3 heterocycles. The van der Waals surface area contributed by atoms with Crippen molar-refractivity contribution in [3.63, 3.8) is 0 Å². The first-order valence-electron chi connectivity index (χ1n) is 16.6. The maximum absolute atomic E-state index is 13.7. The first kappa shape index (κ1) is 34.9. The molecule has 2 saturated heterocycles. The predicted molar refractivity (Wildman–Crippen MR) is 181 cm³/mol. The summed E-state index contributed by atoms with van der Waals surface area (Å²) in [5.41, 5.74) is 2.35. The van der Waals surface area contributed by atoms with E-state index in [1.165, 1.54) is 29.9 Å². The highest BCUT2D eigenvalue weighted by Gasteiger charge is 2.46. The van der Waals surface area contributed by atoms with Crippen molar-refractivity contribution in [2.24, 2.45) is 5.41 Å². The van der Waals surface area contributed by atoms with Crippen molar-refractivity contribution < 1.29 is 35.9 Å². The molecule has 0 unspecified atom stereocenters. The van der Waals surface area contributed by atoms with E-state index >= 15 is 0 Å². The van der Waals surface area contributed by atoms with Crippen molar-refractivity contribution in [2.45, 2.75) is 75.1 Å². The number of anilines is 2. The molecule has 1 amide bonds. The second-order valence-electron chi connectivity index (χ2n) is 13.3. The number of hydrogen-bond donors (Lipinski definition) is 3. The number of carbonyl (C=O) groups excluding carboxylic acids is 1. The molecule has 6 rings (SSSR count). The monoisotopic (exact) mass is 701 g/mol. The third-order valence-electron chi connectivity index (χ3n) is 9.83. The van der Waals surface area contributed by atoms with Gasteiger partial charge in [0.1, 0.15) is 12.3 Å². The zero-order valence-electron chi connectivity index (χ0n) is 27.7. The number of aromatic nitrogens is 1. The SMILES string of the molecule is COc1cc(S(=O)(=O)NC(C)=O)ccc1NCC#Cc1cc2c(NC3CCC(N4CC5(CCOCC5)C4)CC3)cccc2n1CC(F)(F)F. The number of hydrogen-bond acceptors (Lipinski definition) is 8. The summed E-state index contributed by atoms with van der Waals surface area (Å²) in [6, 6.07) is 11.9. The molecule has 1 spiro atoms. The molecular formula is C35H42F3N5O5S. The van der Waals surface area contributed by atoms with Crippen molar-refractivity contribution in [3.05, 3.63) is 48.2 Å². The van der Waals surface area contributed by atoms with Gasteiger partial charge in [0.25, 0.3) is 10.0 Å². The number of alkyl halides is 3. The lowest BCUT2D eigenvalue weighted by molar-refractivity contribution is -0.140. The van der Waals surface area contributed by atoms with Gasteiger partial charge in [-0.3, -0.25) is 9.69 Å². The summed E-state index contributed by atoms with van der Waals surface area (Å²) in [6.07, 6.45) is 2.04. The van der Waals surface area contributed by atoms with Gasteiger partial charge in [0.2, 0.25) is 5.91 Å². The molecule has 10 nitrogen and oxygen atoms in total. The van der Waals surface area contributed by atoms with Crippen LogP contribution in [0.3, 0.4) is 0 Å². The Kier molecular flexibility index (Phi) is 10.1. The van der Waals surface area contributed by atoms with Gasteiger partial charge in [-0.05, 0) is 74.8 Å². The highest BCUT2D eigenvalue weighted by Crippen LogP contribution is 2.43. The highest BCUT2D eigenvalue weighted by molar-refractivity contribution is 7.90. The predicted octanol–water partition coefficient (Wildman–Crippen LogP) is 5.34. The molecule has 1 saturated carbocycles. The number of ether oxygens (including phenoxy) is 2. The van der Waals surface area contributed by atoms with E-state index in [0.717, 1.165) is 77.4 Å². The second-order valence-corrected chi connectivity index (χ2v) is 15.0. The van der Waals surface area contributed by atoms with Crippen molar-refractivity contribution >= 4 is 38.2 Å². The van der Waals surface area contributed by atoms with E-state index in [1.807, 2.05) is 10.8 Å². The first-order chi connectivity index (χ1) is 23.3. The Labute approximate surface area is 284 Å². The summed E-state index contributed by atoms with van der Waals surface area (Å²) < 4.78 is 79.9.